The standard InChI is InChI=1S/C8H14F2OS/c9-8(10)3-6-1-2-12-5-7(6)4-11/h6-8,11H,1-5H2. The van der Waals surface area contributed by atoms with Crippen molar-refractivity contribution in [2.75, 3.05) is 18.1 Å². The van der Waals surface area contributed by atoms with E-state index in [-0.39, 0.29) is 24.9 Å². The molecular weight excluding hydrogens is 182 g/mol. The van der Waals surface area contributed by atoms with Gasteiger partial charge in [-0.05, 0) is 29.8 Å². The maximum absolute atomic E-state index is 12.0. The fourth-order valence-electron chi connectivity index (χ4n) is 1.58. The Morgan fingerprint density at radius 2 is 2.17 bits per heavy atom. The highest BCUT2D eigenvalue weighted by atomic mass is 32.2. The van der Waals surface area contributed by atoms with Gasteiger partial charge in [0.25, 0.3) is 0 Å². The molecule has 1 rings (SSSR count). The summed E-state index contributed by atoms with van der Waals surface area (Å²) in [7, 11) is 0. The van der Waals surface area contributed by atoms with Crippen LogP contribution in [0.5, 0.6) is 0 Å². The number of aliphatic hydroxyl groups is 1. The molecule has 0 aromatic heterocycles. The zero-order chi connectivity index (χ0) is 8.97. The van der Waals surface area contributed by atoms with Gasteiger partial charge in [-0.15, -0.1) is 0 Å². The van der Waals surface area contributed by atoms with E-state index in [1.807, 2.05) is 0 Å². The molecule has 72 valence electrons. The molecule has 0 aromatic carbocycles. The first-order chi connectivity index (χ1) is 5.74. The van der Waals surface area contributed by atoms with Gasteiger partial charge in [0.2, 0.25) is 6.43 Å². The maximum atomic E-state index is 12.0. The normalized spacial score (nSPS) is 31.0. The topological polar surface area (TPSA) is 20.2 Å². The summed E-state index contributed by atoms with van der Waals surface area (Å²) in [5.41, 5.74) is 0. The largest absolute Gasteiger partial charge is 0.396 e. The summed E-state index contributed by atoms with van der Waals surface area (Å²) in [4.78, 5) is 0. The van der Waals surface area contributed by atoms with E-state index < -0.39 is 6.43 Å². The molecule has 0 saturated carbocycles. The molecule has 1 nitrogen and oxygen atoms in total. The first-order valence-electron chi connectivity index (χ1n) is 4.20. The smallest absolute Gasteiger partial charge is 0.238 e. The van der Waals surface area contributed by atoms with Crippen LogP contribution in [0.2, 0.25) is 0 Å². The fraction of sp³-hybridized carbons (Fsp3) is 1.00. The Labute approximate surface area is 75.5 Å². The summed E-state index contributed by atoms with van der Waals surface area (Å²) >= 11 is 1.75. The van der Waals surface area contributed by atoms with E-state index in [2.05, 4.69) is 0 Å². The van der Waals surface area contributed by atoms with Crippen molar-refractivity contribution in [2.24, 2.45) is 11.8 Å². The van der Waals surface area contributed by atoms with Gasteiger partial charge in [-0.1, -0.05) is 0 Å². The Bertz CT molecular complexity index is 132. The number of hydrogen-bond acceptors (Lipinski definition) is 2. The van der Waals surface area contributed by atoms with E-state index in [9.17, 15) is 8.78 Å². The van der Waals surface area contributed by atoms with Crippen LogP contribution in [0.1, 0.15) is 12.8 Å². The Morgan fingerprint density at radius 1 is 1.42 bits per heavy atom. The Balaban J connectivity index is 2.36. The molecule has 2 unspecified atom stereocenters. The lowest BCUT2D eigenvalue weighted by molar-refractivity contribution is 0.0833. The highest BCUT2D eigenvalue weighted by Gasteiger charge is 2.27. The minimum atomic E-state index is -2.22. The molecule has 1 aliphatic rings. The molecule has 1 heterocycles. The molecule has 1 saturated heterocycles. The first-order valence-corrected chi connectivity index (χ1v) is 5.36. The summed E-state index contributed by atoms with van der Waals surface area (Å²) < 4.78 is 24.1. The van der Waals surface area contributed by atoms with Gasteiger partial charge in [0.15, 0.2) is 0 Å². The van der Waals surface area contributed by atoms with Gasteiger partial charge in [-0.3, -0.25) is 0 Å². The fourth-order valence-corrected chi connectivity index (χ4v) is 2.90. The zero-order valence-corrected chi connectivity index (χ0v) is 7.70. The van der Waals surface area contributed by atoms with Gasteiger partial charge in [-0.2, -0.15) is 11.8 Å². The van der Waals surface area contributed by atoms with Crippen LogP contribution in [0.3, 0.4) is 0 Å². The van der Waals surface area contributed by atoms with E-state index in [1.165, 1.54) is 0 Å². The average molecular weight is 196 g/mol. The van der Waals surface area contributed by atoms with Crippen molar-refractivity contribution in [1.29, 1.82) is 0 Å². The van der Waals surface area contributed by atoms with Crippen LogP contribution in [-0.2, 0) is 0 Å². The number of rotatable bonds is 3. The molecule has 0 spiro atoms. The molecule has 1 fully saturated rings. The molecular formula is C8H14F2OS. The van der Waals surface area contributed by atoms with Crippen LogP contribution >= 0.6 is 11.8 Å². The minimum absolute atomic E-state index is 0.0359. The predicted octanol–water partition coefficient (Wildman–Crippen LogP) is 2.00. The quantitative estimate of drug-likeness (QED) is 0.745. The van der Waals surface area contributed by atoms with Crippen LogP contribution in [0.4, 0.5) is 8.78 Å². The third-order valence-electron chi connectivity index (χ3n) is 2.35. The number of halogens is 2. The Kier molecular flexibility index (Phi) is 4.29. The van der Waals surface area contributed by atoms with E-state index in [1.54, 1.807) is 11.8 Å². The maximum Gasteiger partial charge on any atom is 0.238 e. The molecule has 12 heavy (non-hydrogen) atoms. The van der Waals surface area contributed by atoms with E-state index >= 15 is 0 Å². The van der Waals surface area contributed by atoms with E-state index in [0.29, 0.717) is 0 Å². The van der Waals surface area contributed by atoms with Gasteiger partial charge in [0, 0.05) is 13.0 Å². The zero-order valence-electron chi connectivity index (χ0n) is 6.88. The third-order valence-corrected chi connectivity index (χ3v) is 3.54. The highest BCUT2D eigenvalue weighted by Crippen LogP contribution is 2.32. The van der Waals surface area contributed by atoms with Crippen LogP contribution in [0.25, 0.3) is 0 Å². The predicted molar refractivity (Wildman–Crippen MR) is 46.6 cm³/mol. The molecule has 0 aromatic rings. The summed E-state index contributed by atoms with van der Waals surface area (Å²) in [5.74, 6) is 1.94. The summed E-state index contributed by atoms with van der Waals surface area (Å²) in [6.07, 6.45) is -1.42. The van der Waals surface area contributed by atoms with Gasteiger partial charge < -0.3 is 5.11 Å². The van der Waals surface area contributed by atoms with Gasteiger partial charge in [-0.25, -0.2) is 8.78 Å². The summed E-state index contributed by atoms with van der Waals surface area (Å²) in [5, 5.41) is 8.92. The molecule has 0 radical (unpaired) electrons. The van der Waals surface area contributed by atoms with Crippen molar-refractivity contribution >= 4 is 11.8 Å². The summed E-state index contributed by atoms with van der Waals surface area (Å²) in [6, 6.07) is 0. The Hall–Kier alpha value is 0.170. The van der Waals surface area contributed by atoms with Crippen molar-refractivity contribution < 1.29 is 13.9 Å². The van der Waals surface area contributed by atoms with Gasteiger partial charge >= 0.3 is 0 Å². The first kappa shape index (κ1) is 10.3. The monoisotopic (exact) mass is 196 g/mol. The second-order valence-electron chi connectivity index (χ2n) is 3.19. The third kappa shape index (κ3) is 2.90. The number of alkyl halides is 2. The van der Waals surface area contributed by atoms with Crippen LogP contribution in [-0.4, -0.2) is 29.6 Å². The van der Waals surface area contributed by atoms with Crippen molar-refractivity contribution in [1.82, 2.24) is 0 Å². The van der Waals surface area contributed by atoms with Crippen molar-refractivity contribution in [3.8, 4) is 0 Å². The molecule has 0 amide bonds. The molecule has 0 aliphatic carbocycles. The number of hydrogen-bond donors (Lipinski definition) is 1. The average Bonchev–Trinajstić information content (AvgIpc) is 2.04. The number of aliphatic hydroxyl groups excluding tert-OH is 1. The van der Waals surface area contributed by atoms with E-state index in [4.69, 9.17) is 5.11 Å². The molecule has 1 aliphatic heterocycles. The molecule has 1 N–H and O–H groups in total. The molecule has 0 bridgehead atoms. The van der Waals surface area contributed by atoms with Crippen LogP contribution in [0.15, 0.2) is 0 Å². The number of thioether (sulfide) groups is 1. The highest BCUT2D eigenvalue weighted by molar-refractivity contribution is 7.99. The molecule has 4 heteroatoms. The van der Waals surface area contributed by atoms with E-state index in [0.717, 1.165) is 17.9 Å². The second kappa shape index (κ2) is 5.02. The van der Waals surface area contributed by atoms with Gasteiger partial charge in [0.05, 0.1) is 0 Å². The van der Waals surface area contributed by atoms with Crippen molar-refractivity contribution in [2.45, 2.75) is 19.3 Å². The lowest BCUT2D eigenvalue weighted by Crippen LogP contribution is -2.27. The van der Waals surface area contributed by atoms with Crippen LogP contribution in [0, 0.1) is 11.8 Å². The second-order valence-corrected chi connectivity index (χ2v) is 4.34. The summed E-state index contributed by atoms with van der Waals surface area (Å²) in [6.45, 7) is 0.0599. The van der Waals surface area contributed by atoms with Crippen molar-refractivity contribution in [3.63, 3.8) is 0 Å². The van der Waals surface area contributed by atoms with Crippen molar-refractivity contribution in [3.05, 3.63) is 0 Å². The van der Waals surface area contributed by atoms with Gasteiger partial charge in [0.1, 0.15) is 0 Å². The molecule has 2 atom stereocenters. The Morgan fingerprint density at radius 3 is 2.75 bits per heavy atom. The SMILES string of the molecule is OCC1CSCCC1CC(F)F. The minimum Gasteiger partial charge on any atom is -0.396 e. The lowest BCUT2D eigenvalue weighted by atomic mass is 9.89. The lowest BCUT2D eigenvalue weighted by Gasteiger charge is -2.29. The van der Waals surface area contributed by atoms with Crippen LogP contribution < -0.4 is 0 Å².